The van der Waals surface area contributed by atoms with Crippen molar-refractivity contribution in [1.29, 1.82) is 0 Å². The number of nitrogens with one attached hydrogen (secondary N) is 3. The zero-order valence-corrected chi connectivity index (χ0v) is 9.16. The lowest BCUT2D eigenvalue weighted by atomic mass is 10.2. The second kappa shape index (κ2) is 4.00. The van der Waals surface area contributed by atoms with Crippen LogP contribution in [0.15, 0.2) is 0 Å². The number of H-pyrrole nitrogens is 2. The topological polar surface area (TPSA) is 99.3 Å². The van der Waals surface area contributed by atoms with Crippen LogP contribution >= 0.6 is 0 Å². The predicted molar refractivity (Wildman–Crippen MR) is 58.9 cm³/mol. The average molecular weight is 232 g/mol. The summed E-state index contributed by atoms with van der Waals surface area (Å²) in [6.07, 6.45) is 3.86. The molecule has 7 nitrogen and oxygen atoms in total. The number of rotatable bonds is 4. The van der Waals surface area contributed by atoms with Crippen molar-refractivity contribution in [2.45, 2.75) is 25.8 Å². The zero-order chi connectivity index (χ0) is 11.7. The molecule has 0 atom stereocenters. The normalized spacial score (nSPS) is 13.6. The summed E-state index contributed by atoms with van der Waals surface area (Å²) in [4.78, 5) is 14.5. The number of fused-ring (bicyclic) bond motifs is 1. The molecular weight excluding hydrogens is 220 g/mol. The minimum Gasteiger partial charge on any atom is -0.351 e. The fourth-order valence-corrected chi connectivity index (χ4v) is 2.12. The molecule has 3 rings (SSSR count). The molecule has 1 aliphatic carbocycles. The van der Waals surface area contributed by atoms with Crippen molar-refractivity contribution in [1.82, 2.24) is 30.7 Å². The van der Waals surface area contributed by atoms with E-state index in [0.29, 0.717) is 24.6 Å². The third-order valence-corrected chi connectivity index (χ3v) is 2.90. The van der Waals surface area contributed by atoms with Gasteiger partial charge in [-0.3, -0.25) is 15.0 Å². The highest BCUT2D eigenvalue weighted by Crippen LogP contribution is 2.27. The van der Waals surface area contributed by atoms with E-state index in [9.17, 15) is 4.79 Å². The van der Waals surface area contributed by atoms with Crippen LogP contribution in [0.3, 0.4) is 0 Å². The molecule has 2 aromatic heterocycles. The fraction of sp³-hybridized carbons (Fsp3) is 0.400. The second-order valence-corrected chi connectivity index (χ2v) is 3.99. The van der Waals surface area contributed by atoms with Gasteiger partial charge in [-0.15, -0.1) is 0 Å². The van der Waals surface area contributed by atoms with E-state index < -0.39 is 0 Å². The maximum Gasteiger partial charge on any atom is 0.207 e. The van der Waals surface area contributed by atoms with E-state index in [1.165, 1.54) is 11.3 Å². The highest BCUT2D eigenvalue weighted by atomic mass is 16.1. The molecule has 0 aliphatic heterocycles. The van der Waals surface area contributed by atoms with E-state index in [2.05, 4.69) is 30.7 Å². The molecule has 1 amide bonds. The minimum atomic E-state index is 0.350. The Hall–Kier alpha value is -2.18. The number of hydrogen-bond acceptors (Lipinski definition) is 4. The number of carbonyl (C=O) groups excluding carboxylic acids is 1. The molecular formula is C10H12N6O. The standard InChI is InChI=1S/C10H12N6O/c17-5-11-4-8-12-10(16-14-8)9-6-2-1-3-7(6)13-15-9/h5H,1-4H2,(H,11,17)(H,13,15)(H,12,14,16). The van der Waals surface area contributed by atoms with Gasteiger partial charge in [0.05, 0.1) is 6.54 Å². The van der Waals surface area contributed by atoms with E-state index in [-0.39, 0.29) is 0 Å². The molecule has 0 radical (unpaired) electrons. The summed E-state index contributed by atoms with van der Waals surface area (Å²) in [5.74, 6) is 1.22. The van der Waals surface area contributed by atoms with Crippen LogP contribution in [-0.2, 0) is 24.2 Å². The molecule has 0 unspecified atom stereocenters. The number of hydrogen-bond donors (Lipinski definition) is 3. The van der Waals surface area contributed by atoms with Crippen molar-refractivity contribution in [3.8, 4) is 11.5 Å². The van der Waals surface area contributed by atoms with E-state index in [0.717, 1.165) is 25.0 Å². The largest absolute Gasteiger partial charge is 0.351 e. The van der Waals surface area contributed by atoms with Gasteiger partial charge in [-0.2, -0.15) is 10.2 Å². The molecule has 2 heterocycles. The molecule has 7 heteroatoms. The lowest BCUT2D eigenvalue weighted by Crippen LogP contribution is -2.10. The molecule has 1 aliphatic rings. The molecule has 0 spiro atoms. The van der Waals surface area contributed by atoms with Gasteiger partial charge in [-0.25, -0.2) is 4.98 Å². The highest BCUT2D eigenvalue weighted by Gasteiger charge is 2.21. The van der Waals surface area contributed by atoms with Gasteiger partial charge in [-0.1, -0.05) is 0 Å². The fourth-order valence-electron chi connectivity index (χ4n) is 2.12. The Morgan fingerprint density at radius 3 is 3.12 bits per heavy atom. The third-order valence-electron chi connectivity index (χ3n) is 2.90. The maximum absolute atomic E-state index is 10.2. The summed E-state index contributed by atoms with van der Waals surface area (Å²) >= 11 is 0. The van der Waals surface area contributed by atoms with Gasteiger partial charge >= 0.3 is 0 Å². The quantitative estimate of drug-likeness (QED) is 0.642. The Morgan fingerprint density at radius 1 is 1.29 bits per heavy atom. The van der Waals surface area contributed by atoms with Crippen LogP contribution in [-0.4, -0.2) is 31.8 Å². The van der Waals surface area contributed by atoms with Crippen molar-refractivity contribution in [3.05, 3.63) is 17.1 Å². The molecule has 0 saturated heterocycles. The summed E-state index contributed by atoms with van der Waals surface area (Å²) in [5, 5.41) is 16.7. The molecule has 0 aromatic carbocycles. The Balaban J connectivity index is 1.88. The number of nitrogens with zero attached hydrogens (tertiary/aromatic N) is 3. The Morgan fingerprint density at radius 2 is 2.24 bits per heavy atom. The summed E-state index contributed by atoms with van der Waals surface area (Å²) < 4.78 is 0. The number of amides is 1. The Kier molecular flexibility index (Phi) is 2.36. The monoisotopic (exact) mass is 232 g/mol. The molecule has 17 heavy (non-hydrogen) atoms. The van der Waals surface area contributed by atoms with Crippen molar-refractivity contribution in [2.24, 2.45) is 0 Å². The van der Waals surface area contributed by atoms with Gasteiger partial charge in [-0.05, 0) is 19.3 Å². The Labute approximate surface area is 97.0 Å². The second-order valence-electron chi connectivity index (χ2n) is 3.99. The van der Waals surface area contributed by atoms with Crippen molar-refractivity contribution in [3.63, 3.8) is 0 Å². The smallest absolute Gasteiger partial charge is 0.207 e. The predicted octanol–water partition coefficient (Wildman–Crippen LogP) is -0.0705. The molecule has 0 saturated carbocycles. The summed E-state index contributed by atoms with van der Waals surface area (Å²) in [5.41, 5.74) is 3.24. The van der Waals surface area contributed by atoms with E-state index in [4.69, 9.17) is 0 Å². The number of aromatic nitrogens is 5. The molecule has 88 valence electrons. The first-order chi connectivity index (χ1) is 8.38. The Bertz CT molecular complexity index is 543. The average Bonchev–Trinajstić information content (AvgIpc) is 3.01. The number of aryl methyl sites for hydroxylation is 1. The number of aromatic amines is 2. The molecule has 2 aromatic rings. The lowest BCUT2D eigenvalue weighted by molar-refractivity contribution is -0.109. The zero-order valence-electron chi connectivity index (χ0n) is 9.16. The van der Waals surface area contributed by atoms with Gasteiger partial charge < -0.3 is 5.32 Å². The van der Waals surface area contributed by atoms with Crippen LogP contribution in [0.25, 0.3) is 11.5 Å². The van der Waals surface area contributed by atoms with Gasteiger partial charge in [0.1, 0.15) is 11.5 Å². The lowest BCUT2D eigenvalue weighted by Gasteiger charge is -1.92. The highest BCUT2D eigenvalue weighted by molar-refractivity contribution is 5.57. The first-order valence-corrected chi connectivity index (χ1v) is 5.53. The van der Waals surface area contributed by atoms with Gasteiger partial charge in [0.2, 0.25) is 12.2 Å². The molecule has 0 bridgehead atoms. The summed E-state index contributed by atoms with van der Waals surface area (Å²) in [6, 6.07) is 0. The first kappa shape index (κ1) is 10.0. The first-order valence-electron chi connectivity index (χ1n) is 5.53. The molecule has 3 N–H and O–H groups in total. The molecule has 0 fully saturated rings. The SMILES string of the molecule is O=CNCc1nc(-c2n[nH]c3c2CCC3)n[nH]1. The maximum atomic E-state index is 10.2. The third kappa shape index (κ3) is 1.69. The van der Waals surface area contributed by atoms with Crippen LogP contribution in [0.1, 0.15) is 23.5 Å². The summed E-state index contributed by atoms with van der Waals surface area (Å²) in [6.45, 7) is 0.350. The van der Waals surface area contributed by atoms with E-state index >= 15 is 0 Å². The van der Waals surface area contributed by atoms with Crippen molar-refractivity contribution < 1.29 is 4.79 Å². The van der Waals surface area contributed by atoms with Crippen LogP contribution in [0, 0.1) is 0 Å². The van der Waals surface area contributed by atoms with Crippen LogP contribution in [0.4, 0.5) is 0 Å². The van der Waals surface area contributed by atoms with E-state index in [1.807, 2.05) is 0 Å². The van der Waals surface area contributed by atoms with Crippen molar-refractivity contribution >= 4 is 6.41 Å². The summed E-state index contributed by atoms with van der Waals surface area (Å²) in [7, 11) is 0. The van der Waals surface area contributed by atoms with Crippen molar-refractivity contribution in [2.75, 3.05) is 0 Å². The van der Waals surface area contributed by atoms with Gasteiger partial charge in [0.25, 0.3) is 0 Å². The minimum absolute atomic E-state index is 0.350. The van der Waals surface area contributed by atoms with Crippen LogP contribution in [0.5, 0.6) is 0 Å². The van der Waals surface area contributed by atoms with Gasteiger partial charge in [0.15, 0.2) is 0 Å². The van der Waals surface area contributed by atoms with E-state index in [1.54, 1.807) is 0 Å². The van der Waals surface area contributed by atoms with Gasteiger partial charge in [0, 0.05) is 11.3 Å². The number of carbonyl (C=O) groups is 1. The van der Waals surface area contributed by atoms with Crippen LogP contribution < -0.4 is 5.32 Å². The van der Waals surface area contributed by atoms with Crippen LogP contribution in [0.2, 0.25) is 0 Å².